The number of rotatable bonds is 3. The number of nitrogens with one attached hydrogen (secondary N) is 1. The van der Waals surface area contributed by atoms with Gasteiger partial charge in [-0.1, -0.05) is 30.3 Å². The zero-order valence-electron chi connectivity index (χ0n) is 14.7. The molecule has 1 aromatic carbocycles. The van der Waals surface area contributed by atoms with Gasteiger partial charge in [0.25, 0.3) is 5.56 Å². The van der Waals surface area contributed by atoms with Crippen LogP contribution in [0.15, 0.2) is 41.5 Å². The molecule has 0 aliphatic carbocycles. The third-order valence-electron chi connectivity index (χ3n) is 4.92. The zero-order chi connectivity index (χ0) is 17.4. The lowest BCUT2D eigenvalue weighted by Crippen LogP contribution is -2.44. The van der Waals surface area contributed by atoms with Crippen LogP contribution in [0, 0.1) is 6.92 Å². The maximum atomic E-state index is 12.9. The summed E-state index contributed by atoms with van der Waals surface area (Å²) in [7, 11) is 1.76. The lowest BCUT2D eigenvalue weighted by Gasteiger charge is -2.31. The molecule has 0 amide bonds. The summed E-state index contributed by atoms with van der Waals surface area (Å²) < 4.78 is 3.71. The highest BCUT2D eigenvalue weighted by Crippen LogP contribution is 2.30. The van der Waals surface area contributed by atoms with Crippen LogP contribution in [0.25, 0.3) is 11.0 Å². The first-order valence-corrected chi connectivity index (χ1v) is 8.71. The highest BCUT2D eigenvalue weighted by Gasteiger charge is 2.24. The van der Waals surface area contributed by atoms with Crippen LogP contribution in [-0.4, -0.2) is 40.3 Å². The molecule has 0 unspecified atom stereocenters. The molecule has 6 nitrogen and oxygen atoms in total. The predicted molar refractivity (Wildman–Crippen MR) is 100 cm³/mol. The maximum Gasteiger partial charge on any atom is 0.277 e. The Balaban J connectivity index is 1.95. The largest absolute Gasteiger partial charge is 0.355 e. The average Bonchev–Trinajstić information content (AvgIpc) is 2.92. The lowest BCUT2D eigenvalue weighted by atomic mass is 10.2. The molecule has 0 atom stereocenters. The summed E-state index contributed by atoms with van der Waals surface area (Å²) in [6, 6.07) is 10.3. The second kappa shape index (κ2) is 6.37. The SMILES string of the molecule is Cc1c(N2CCNCC2)n(Cc2ccccc2)c2c(=O)n(C)cnc12. The van der Waals surface area contributed by atoms with Gasteiger partial charge in [0, 0.05) is 45.3 Å². The minimum absolute atomic E-state index is 0.00501. The van der Waals surface area contributed by atoms with Gasteiger partial charge in [0.15, 0.2) is 0 Å². The van der Waals surface area contributed by atoms with Crippen molar-refractivity contribution in [3.05, 3.63) is 58.1 Å². The van der Waals surface area contributed by atoms with Gasteiger partial charge in [-0.05, 0) is 12.5 Å². The Hall–Kier alpha value is -2.60. The van der Waals surface area contributed by atoms with E-state index in [2.05, 4.69) is 38.8 Å². The molecule has 2 aromatic heterocycles. The average molecular weight is 337 g/mol. The Labute approximate surface area is 146 Å². The van der Waals surface area contributed by atoms with Crippen molar-refractivity contribution in [3.63, 3.8) is 0 Å². The summed E-state index contributed by atoms with van der Waals surface area (Å²) in [5.74, 6) is 1.12. The molecule has 1 saturated heterocycles. The zero-order valence-corrected chi connectivity index (χ0v) is 14.7. The molecule has 130 valence electrons. The van der Waals surface area contributed by atoms with Crippen molar-refractivity contribution < 1.29 is 0 Å². The van der Waals surface area contributed by atoms with Crippen molar-refractivity contribution in [1.29, 1.82) is 0 Å². The molecule has 1 N–H and O–H groups in total. The fourth-order valence-electron chi connectivity index (χ4n) is 3.66. The summed E-state index contributed by atoms with van der Waals surface area (Å²) in [6.45, 7) is 6.53. The molecule has 0 saturated carbocycles. The maximum absolute atomic E-state index is 12.9. The van der Waals surface area contributed by atoms with E-state index in [1.165, 1.54) is 5.56 Å². The monoisotopic (exact) mass is 337 g/mol. The van der Waals surface area contributed by atoms with Gasteiger partial charge < -0.3 is 19.4 Å². The van der Waals surface area contributed by atoms with Crippen molar-refractivity contribution in [2.45, 2.75) is 13.5 Å². The van der Waals surface area contributed by atoms with E-state index in [-0.39, 0.29) is 5.56 Å². The van der Waals surface area contributed by atoms with E-state index in [1.54, 1.807) is 17.9 Å². The standard InChI is InChI=1S/C19H23N5O/c1-14-16-17(19(25)22(2)13-21-16)24(12-15-6-4-3-5-7-15)18(14)23-10-8-20-9-11-23/h3-7,13,20H,8-12H2,1-2H3. The summed E-state index contributed by atoms with van der Waals surface area (Å²) >= 11 is 0. The van der Waals surface area contributed by atoms with Crippen molar-refractivity contribution in [3.8, 4) is 0 Å². The third kappa shape index (κ3) is 2.72. The van der Waals surface area contributed by atoms with Gasteiger partial charge in [-0.2, -0.15) is 0 Å². The topological polar surface area (TPSA) is 55.1 Å². The summed E-state index contributed by atoms with van der Waals surface area (Å²) in [5.41, 5.74) is 3.78. The van der Waals surface area contributed by atoms with Gasteiger partial charge in [0.05, 0.1) is 6.33 Å². The molecule has 3 aromatic rings. The number of anilines is 1. The minimum Gasteiger partial charge on any atom is -0.355 e. The van der Waals surface area contributed by atoms with Gasteiger partial charge in [-0.15, -0.1) is 0 Å². The summed E-state index contributed by atoms with van der Waals surface area (Å²) in [6.07, 6.45) is 1.62. The summed E-state index contributed by atoms with van der Waals surface area (Å²) in [4.78, 5) is 19.8. The van der Waals surface area contributed by atoms with Gasteiger partial charge in [-0.3, -0.25) is 4.79 Å². The van der Waals surface area contributed by atoms with Crippen LogP contribution in [0.2, 0.25) is 0 Å². The Morgan fingerprint density at radius 3 is 2.60 bits per heavy atom. The molecule has 3 heterocycles. The number of fused-ring (bicyclic) bond motifs is 1. The van der Waals surface area contributed by atoms with E-state index in [9.17, 15) is 4.79 Å². The molecular formula is C19H23N5O. The van der Waals surface area contributed by atoms with E-state index < -0.39 is 0 Å². The lowest BCUT2D eigenvalue weighted by molar-refractivity contribution is 0.575. The summed E-state index contributed by atoms with van der Waals surface area (Å²) in [5, 5.41) is 3.39. The molecular weight excluding hydrogens is 314 g/mol. The van der Waals surface area contributed by atoms with Crippen LogP contribution in [-0.2, 0) is 13.6 Å². The second-order valence-electron chi connectivity index (χ2n) is 6.62. The highest BCUT2D eigenvalue weighted by atomic mass is 16.1. The van der Waals surface area contributed by atoms with Gasteiger partial charge in [0.2, 0.25) is 0 Å². The molecule has 1 fully saturated rings. The second-order valence-corrected chi connectivity index (χ2v) is 6.62. The van der Waals surface area contributed by atoms with Crippen LogP contribution in [0.4, 0.5) is 5.82 Å². The smallest absolute Gasteiger partial charge is 0.277 e. The Bertz CT molecular complexity index is 951. The molecule has 4 rings (SSSR count). The van der Waals surface area contributed by atoms with Gasteiger partial charge >= 0.3 is 0 Å². The number of piperazine rings is 1. The molecule has 25 heavy (non-hydrogen) atoms. The first-order chi connectivity index (χ1) is 12.2. The third-order valence-corrected chi connectivity index (χ3v) is 4.92. The first kappa shape index (κ1) is 15.9. The quantitative estimate of drug-likeness (QED) is 0.787. The molecule has 0 spiro atoms. The van der Waals surface area contributed by atoms with Crippen molar-refractivity contribution in [2.75, 3.05) is 31.1 Å². The normalized spacial score (nSPS) is 15.0. The minimum atomic E-state index is 0.00501. The number of aryl methyl sites for hydroxylation is 2. The van der Waals surface area contributed by atoms with Crippen molar-refractivity contribution in [2.24, 2.45) is 7.05 Å². The Morgan fingerprint density at radius 1 is 1.16 bits per heavy atom. The predicted octanol–water partition coefficient (Wildman–Crippen LogP) is 1.50. The first-order valence-electron chi connectivity index (χ1n) is 8.71. The van der Waals surface area contributed by atoms with Crippen LogP contribution >= 0.6 is 0 Å². The van der Waals surface area contributed by atoms with E-state index in [0.717, 1.165) is 43.1 Å². The number of nitrogens with zero attached hydrogens (tertiary/aromatic N) is 4. The van der Waals surface area contributed by atoms with Crippen LogP contribution in [0.5, 0.6) is 0 Å². The fraction of sp³-hybridized carbons (Fsp3) is 0.368. The van der Waals surface area contributed by atoms with E-state index in [0.29, 0.717) is 12.1 Å². The van der Waals surface area contributed by atoms with Gasteiger partial charge in [-0.25, -0.2) is 4.98 Å². The van der Waals surface area contributed by atoms with Crippen LogP contribution in [0.3, 0.4) is 0 Å². The number of hydrogen-bond acceptors (Lipinski definition) is 4. The highest BCUT2D eigenvalue weighted by molar-refractivity contribution is 5.86. The molecule has 1 aliphatic heterocycles. The van der Waals surface area contributed by atoms with Crippen LogP contribution in [0.1, 0.15) is 11.1 Å². The number of benzene rings is 1. The van der Waals surface area contributed by atoms with Gasteiger partial charge in [0.1, 0.15) is 16.9 Å². The number of hydrogen-bond donors (Lipinski definition) is 1. The molecule has 0 radical (unpaired) electrons. The van der Waals surface area contributed by atoms with E-state index in [1.807, 2.05) is 18.2 Å². The van der Waals surface area contributed by atoms with Crippen molar-refractivity contribution >= 4 is 16.9 Å². The molecule has 1 aliphatic rings. The molecule has 6 heteroatoms. The van der Waals surface area contributed by atoms with E-state index >= 15 is 0 Å². The Morgan fingerprint density at radius 2 is 1.88 bits per heavy atom. The Kier molecular flexibility index (Phi) is 4.05. The van der Waals surface area contributed by atoms with Crippen LogP contribution < -0.4 is 15.8 Å². The number of aromatic nitrogens is 3. The molecule has 0 bridgehead atoms. The van der Waals surface area contributed by atoms with Crippen molar-refractivity contribution in [1.82, 2.24) is 19.4 Å². The van der Waals surface area contributed by atoms with E-state index in [4.69, 9.17) is 0 Å². The fourth-order valence-corrected chi connectivity index (χ4v) is 3.66.